The molecule has 1 fully saturated rings. The van der Waals surface area contributed by atoms with Gasteiger partial charge in [-0.2, -0.15) is 0 Å². The van der Waals surface area contributed by atoms with Gasteiger partial charge in [-0.25, -0.2) is 12.4 Å². The quantitative estimate of drug-likeness (QED) is 0.257. The minimum atomic E-state index is -3.79. The highest BCUT2D eigenvalue weighted by molar-refractivity contribution is 7.90. The highest BCUT2D eigenvalue weighted by Gasteiger charge is 2.17. The van der Waals surface area contributed by atoms with E-state index in [1.54, 1.807) is 48.5 Å². The number of carbonyl (C=O) groups is 1. The Labute approximate surface area is 228 Å². The second-order valence-electron chi connectivity index (χ2n) is 9.31. The lowest BCUT2D eigenvalue weighted by atomic mass is 10.00. The van der Waals surface area contributed by atoms with Crippen LogP contribution in [0.5, 0.6) is 0 Å². The maximum atomic E-state index is 13.2. The number of anilines is 3. The maximum absolute atomic E-state index is 13.2. The fourth-order valence-electron chi connectivity index (χ4n) is 4.52. The normalized spacial score (nSPS) is 14.0. The highest BCUT2D eigenvalue weighted by atomic mass is 32.2. The summed E-state index contributed by atoms with van der Waals surface area (Å²) in [6, 6.07) is 21.8. The fraction of sp³-hybridized carbons (Fsp3) is 0.167. The van der Waals surface area contributed by atoms with Gasteiger partial charge in [-0.15, -0.1) is 0 Å². The van der Waals surface area contributed by atoms with E-state index in [4.69, 9.17) is 10.5 Å². The van der Waals surface area contributed by atoms with Crippen molar-refractivity contribution in [1.29, 1.82) is 0 Å². The summed E-state index contributed by atoms with van der Waals surface area (Å²) in [6.07, 6.45) is 5.82. The van der Waals surface area contributed by atoms with Gasteiger partial charge in [0.1, 0.15) is 0 Å². The summed E-state index contributed by atoms with van der Waals surface area (Å²) >= 11 is 0. The molecule has 0 atom stereocenters. The van der Waals surface area contributed by atoms with Gasteiger partial charge in [0.15, 0.2) is 0 Å². The monoisotopic (exact) mass is 542 g/mol. The van der Waals surface area contributed by atoms with Crippen molar-refractivity contribution in [3.63, 3.8) is 0 Å². The van der Waals surface area contributed by atoms with Gasteiger partial charge in [0.05, 0.1) is 29.5 Å². The van der Waals surface area contributed by atoms with Crippen molar-refractivity contribution in [2.45, 2.75) is 11.8 Å². The number of ether oxygens (including phenoxy) is 1. The first-order valence-corrected chi connectivity index (χ1v) is 14.1. The Morgan fingerprint density at radius 1 is 1.00 bits per heavy atom. The molecule has 3 aromatic carbocycles. The molecule has 200 valence electrons. The highest BCUT2D eigenvalue weighted by Crippen LogP contribution is 2.29. The number of amides is 1. The number of benzene rings is 3. The van der Waals surface area contributed by atoms with Crippen molar-refractivity contribution in [3.05, 3.63) is 102 Å². The summed E-state index contributed by atoms with van der Waals surface area (Å²) in [4.78, 5) is 14.7. The van der Waals surface area contributed by atoms with Gasteiger partial charge in [-0.05, 0) is 77.7 Å². The van der Waals surface area contributed by atoms with Crippen molar-refractivity contribution < 1.29 is 17.9 Å². The molecule has 0 bridgehead atoms. The Bertz CT molecular complexity index is 1620. The summed E-state index contributed by atoms with van der Waals surface area (Å²) in [7, 11) is -3.79. The number of nitrogens with zero attached hydrogens (tertiary/aromatic N) is 2. The van der Waals surface area contributed by atoms with Crippen LogP contribution in [-0.4, -0.2) is 44.6 Å². The van der Waals surface area contributed by atoms with Crippen LogP contribution in [0.4, 0.5) is 17.1 Å². The molecule has 1 aliphatic heterocycles. The molecule has 5 rings (SSSR count). The molecule has 1 amide bonds. The lowest BCUT2D eigenvalue weighted by Gasteiger charge is -2.29. The molecule has 0 aliphatic carbocycles. The van der Waals surface area contributed by atoms with Crippen LogP contribution in [-0.2, 0) is 19.6 Å². The third-order valence-electron chi connectivity index (χ3n) is 6.66. The molecule has 8 nitrogen and oxygen atoms in total. The number of nitrogen functional groups attached to an aromatic ring is 1. The van der Waals surface area contributed by atoms with Crippen LogP contribution in [0, 0.1) is 6.92 Å². The molecule has 0 unspecified atom stereocenters. The van der Waals surface area contributed by atoms with E-state index in [-0.39, 0.29) is 10.8 Å². The first kappa shape index (κ1) is 26.3. The summed E-state index contributed by atoms with van der Waals surface area (Å²) in [6.45, 7) is 5.27. The van der Waals surface area contributed by atoms with Crippen LogP contribution in [0.2, 0.25) is 0 Å². The predicted octanol–water partition coefficient (Wildman–Crippen LogP) is 4.77. The number of para-hydroxylation sites is 2. The molecule has 1 saturated heterocycles. The maximum Gasteiger partial charge on any atom is 0.267 e. The van der Waals surface area contributed by atoms with Crippen molar-refractivity contribution in [2.24, 2.45) is 0 Å². The van der Waals surface area contributed by atoms with E-state index in [1.807, 2.05) is 12.1 Å². The molecular weight excluding hydrogens is 512 g/mol. The summed E-state index contributed by atoms with van der Waals surface area (Å²) in [5.41, 5.74) is 11.7. The molecule has 39 heavy (non-hydrogen) atoms. The van der Waals surface area contributed by atoms with Crippen LogP contribution in [0.1, 0.15) is 11.1 Å². The molecule has 0 saturated carbocycles. The first-order chi connectivity index (χ1) is 18.8. The number of hydrogen-bond donors (Lipinski definition) is 2. The Morgan fingerprint density at radius 3 is 2.46 bits per heavy atom. The Balaban J connectivity index is 1.28. The Kier molecular flexibility index (Phi) is 7.53. The molecular formula is C30H30N4O4S. The topological polar surface area (TPSA) is 107 Å². The minimum absolute atomic E-state index is 0.178. The van der Waals surface area contributed by atoms with Gasteiger partial charge < -0.3 is 20.7 Å². The van der Waals surface area contributed by atoms with Crippen LogP contribution >= 0.6 is 0 Å². The predicted molar refractivity (Wildman–Crippen MR) is 155 cm³/mol. The van der Waals surface area contributed by atoms with Crippen LogP contribution in [0.3, 0.4) is 0 Å². The summed E-state index contributed by atoms with van der Waals surface area (Å²) in [5, 5.41) is 2.70. The Morgan fingerprint density at radius 2 is 1.74 bits per heavy atom. The number of carbonyl (C=O) groups excluding carboxylic acids is 1. The smallest absolute Gasteiger partial charge is 0.267 e. The third-order valence-corrected chi connectivity index (χ3v) is 8.31. The number of aryl methyl sites for hydroxylation is 1. The van der Waals surface area contributed by atoms with Crippen molar-refractivity contribution in [2.75, 3.05) is 42.3 Å². The lowest BCUT2D eigenvalue weighted by molar-refractivity contribution is -0.111. The average Bonchev–Trinajstić information content (AvgIpc) is 3.44. The van der Waals surface area contributed by atoms with E-state index in [2.05, 4.69) is 35.3 Å². The number of nitrogens with two attached hydrogens (primary N) is 1. The van der Waals surface area contributed by atoms with Crippen molar-refractivity contribution in [3.8, 4) is 11.1 Å². The van der Waals surface area contributed by atoms with Crippen molar-refractivity contribution >= 4 is 39.1 Å². The van der Waals surface area contributed by atoms with Crippen LogP contribution in [0.25, 0.3) is 17.2 Å². The molecule has 3 N–H and O–H groups in total. The molecule has 0 radical (unpaired) electrons. The molecule has 1 aliphatic rings. The van der Waals surface area contributed by atoms with Gasteiger partial charge in [0, 0.05) is 37.2 Å². The first-order valence-electron chi connectivity index (χ1n) is 12.6. The number of hydrogen-bond acceptors (Lipinski definition) is 6. The van der Waals surface area contributed by atoms with Gasteiger partial charge in [0.2, 0.25) is 5.91 Å². The van der Waals surface area contributed by atoms with Crippen molar-refractivity contribution in [1.82, 2.24) is 3.97 Å². The zero-order chi connectivity index (χ0) is 27.4. The van der Waals surface area contributed by atoms with E-state index < -0.39 is 10.0 Å². The second kappa shape index (κ2) is 11.2. The van der Waals surface area contributed by atoms with Gasteiger partial charge in [-0.3, -0.25) is 4.79 Å². The van der Waals surface area contributed by atoms with E-state index in [1.165, 1.54) is 18.5 Å². The Hall–Kier alpha value is -4.34. The largest absolute Gasteiger partial charge is 0.397 e. The molecule has 2 heterocycles. The number of morpholine rings is 1. The van der Waals surface area contributed by atoms with E-state index >= 15 is 0 Å². The SMILES string of the molecule is Cc1cc(N2CCOCC2)ccc1-c1ccc(S(=O)(=O)n2ccc(C=CC(=O)Nc3ccccc3N)c2)cc1. The zero-order valence-electron chi connectivity index (χ0n) is 21.6. The molecule has 4 aromatic rings. The summed E-state index contributed by atoms with van der Waals surface area (Å²) < 4.78 is 33.1. The lowest BCUT2D eigenvalue weighted by Crippen LogP contribution is -2.36. The van der Waals surface area contributed by atoms with Crippen LogP contribution in [0.15, 0.2) is 96.2 Å². The van der Waals surface area contributed by atoms with E-state index in [9.17, 15) is 13.2 Å². The average molecular weight is 543 g/mol. The zero-order valence-corrected chi connectivity index (χ0v) is 22.4. The minimum Gasteiger partial charge on any atom is -0.397 e. The molecule has 9 heteroatoms. The van der Waals surface area contributed by atoms with Gasteiger partial charge >= 0.3 is 0 Å². The second-order valence-corrected chi connectivity index (χ2v) is 11.2. The van der Waals surface area contributed by atoms with Gasteiger partial charge in [-0.1, -0.05) is 30.3 Å². The van der Waals surface area contributed by atoms with Crippen LogP contribution < -0.4 is 16.0 Å². The van der Waals surface area contributed by atoms with E-state index in [0.717, 1.165) is 52.7 Å². The standard InChI is InChI=1S/C30H30N4O4S/c1-22-20-25(33-16-18-38-19-17-33)9-12-27(22)24-7-10-26(11-8-24)39(36,37)34-15-14-23(21-34)6-13-30(35)32-29-5-3-2-4-28(29)31/h2-15,20-21H,16-19,31H2,1H3,(H,32,35). The number of aromatic nitrogens is 1. The van der Waals surface area contributed by atoms with Gasteiger partial charge in [0.25, 0.3) is 10.0 Å². The molecule has 1 aromatic heterocycles. The third kappa shape index (κ3) is 5.89. The molecule has 0 spiro atoms. The summed E-state index contributed by atoms with van der Waals surface area (Å²) in [5.74, 6) is -0.368. The number of nitrogens with one attached hydrogen (secondary N) is 1. The fourth-order valence-corrected chi connectivity index (χ4v) is 5.72. The van der Waals surface area contributed by atoms with E-state index in [0.29, 0.717) is 16.9 Å². The number of rotatable bonds is 7.